The van der Waals surface area contributed by atoms with Crippen molar-refractivity contribution in [1.29, 1.82) is 0 Å². The van der Waals surface area contributed by atoms with Crippen molar-refractivity contribution >= 4 is 28.1 Å². The van der Waals surface area contributed by atoms with E-state index in [1.807, 2.05) is 19.0 Å². The molecule has 1 heterocycles. The summed E-state index contributed by atoms with van der Waals surface area (Å²) in [5.74, 6) is 0. The Morgan fingerprint density at radius 2 is 2.33 bits per heavy atom. The van der Waals surface area contributed by atoms with Crippen LogP contribution in [0.1, 0.15) is 0 Å². The summed E-state index contributed by atoms with van der Waals surface area (Å²) in [5.41, 5.74) is 0. The molecule has 0 radical (unpaired) electrons. The highest BCUT2D eigenvalue weighted by atomic mass is 35.5. The Morgan fingerprint density at radius 1 is 1.67 bits per heavy atom. The lowest BCUT2D eigenvalue weighted by Gasteiger charge is -2.04. The van der Waals surface area contributed by atoms with Gasteiger partial charge in [0.15, 0.2) is 5.13 Å². The Bertz CT molecular complexity index is 197. The molecule has 0 unspecified atom stereocenters. The van der Waals surface area contributed by atoms with E-state index in [4.69, 9.17) is 11.6 Å². The lowest BCUT2D eigenvalue weighted by Crippen LogP contribution is -2.07. The summed E-state index contributed by atoms with van der Waals surface area (Å²) < 4.78 is 0.735. The van der Waals surface area contributed by atoms with Gasteiger partial charge in [0, 0.05) is 14.1 Å². The number of rotatable bonds is 1. The number of thiazole rings is 1. The summed E-state index contributed by atoms with van der Waals surface area (Å²) in [6, 6.07) is 0. The smallest absolute Gasteiger partial charge is 0.186 e. The molecule has 0 atom stereocenters. The molecule has 1 aromatic rings. The van der Waals surface area contributed by atoms with E-state index in [2.05, 4.69) is 4.98 Å². The number of nitrogens with zero attached hydrogens (tertiary/aromatic N) is 2. The van der Waals surface area contributed by atoms with Gasteiger partial charge in [-0.3, -0.25) is 0 Å². The minimum Gasteiger partial charge on any atom is -0.354 e. The van der Waals surface area contributed by atoms with Crippen LogP contribution in [0.4, 0.5) is 5.13 Å². The molecule has 50 valence electrons. The SMILES string of the molecule is CN(C)c1ncc(Cl)s1. The molecule has 0 aliphatic carbocycles. The molecular formula is C5H7ClN2S. The fourth-order valence-corrected chi connectivity index (χ4v) is 1.28. The van der Waals surface area contributed by atoms with E-state index in [9.17, 15) is 0 Å². The first-order valence-electron chi connectivity index (χ1n) is 2.49. The fraction of sp³-hybridized carbons (Fsp3) is 0.400. The van der Waals surface area contributed by atoms with Crippen molar-refractivity contribution in [2.24, 2.45) is 0 Å². The number of halogens is 1. The Morgan fingerprint density at radius 3 is 2.56 bits per heavy atom. The summed E-state index contributed by atoms with van der Waals surface area (Å²) in [6.45, 7) is 0. The maximum atomic E-state index is 5.63. The number of aromatic nitrogens is 1. The van der Waals surface area contributed by atoms with E-state index in [1.54, 1.807) is 6.20 Å². The van der Waals surface area contributed by atoms with Crippen LogP contribution in [0, 0.1) is 0 Å². The van der Waals surface area contributed by atoms with E-state index in [0.29, 0.717) is 0 Å². The molecule has 1 aromatic heterocycles. The van der Waals surface area contributed by atoms with Gasteiger partial charge in [-0.2, -0.15) is 0 Å². The Hall–Kier alpha value is -0.280. The molecule has 1 rings (SSSR count). The fourth-order valence-electron chi connectivity index (χ4n) is 0.453. The molecule has 4 heteroatoms. The quantitative estimate of drug-likeness (QED) is 0.627. The van der Waals surface area contributed by atoms with Crippen LogP contribution in [0.2, 0.25) is 4.34 Å². The number of anilines is 1. The topological polar surface area (TPSA) is 16.1 Å². The van der Waals surface area contributed by atoms with Crippen LogP contribution in [-0.4, -0.2) is 19.1 Å². The van der Waals surface area contributed by atoms with Gasteiger partial charge in [0.25, 0.3) is 0 Å². The molecule has 2 nitrogen and oxygen atoms in total. The third kappa shape index (κ3) is 1.56. The summed E-state index contributed by atoms with van der Waals surface area (Å²) >= 11 is 7.11. The minimum absolute atomic E-state index is 0.735. The Labute approximate surface area is 63.1 Å². The van der Waals surface area contributed by atoms with E-state index in [-0.39, 0.29) is 0 Å². The predicted octanol–water partition coefficient (Wildman–Crippen LogP) is 1.86. The second kappa shape index (κ2) is 2.54. The molecule has 0 bridgehead atoms. The Kier molecular flexibility index (Phi) is 1.93. The minimum atomic E-state index is 0.735. The van der Waals surface area contributed by atoms with E-state index in [1.165, 1.54) is 11.3 Å². The molecule has 0 fully saturated rings. The second-order valence-electron chi connectivity index (χ2n) is 1.84. The maximum Gasteiger partial charge on any atom is 0.186 e. The molecule has 0 saturated heterocycles. The highest BCUT2D eigenvalue weighted by Gasteiger charge is 1.98. The standard InChI is InChI=1S/C5H7ClN2S/c1-8(2)5-7-3-4(6)9-5/h3H,1-2H3. The average molecular weight is 163 g/mol. The van der Waals surface area contributed by atoms with E-state index < -0.39 is 0 Å². The van der Waals surface area contributed by atoms with Crippen molar-refractivity contribution in [2.45, 2.75) is 0 Å². The normalized spacial score (nSPS) is 9.67. The lowest BCUT2D eigenvalue weighted by molar-refractivity contribution is 1.10. The van der Waals surface area contributed by atoms with Gasteiger partial charge < -0.3 is 4.90 Å². The highest BCUT2D eigenvalue weighted by Crippen LogP contribution is 2.23. The van der Waals surface area contributed by atoms with Crippen molar-refractivity contribution in [3.05, 3.63) is 10.5 Å². The maximum absolute atomic E-state index is 5.63. The average Bonchev–Trinajstić information content (AvgIpc) is 2.14. The monoisotopic (exact) mass is 162 g/mol. The molecule has 0 saturated carbocycles. The first-order valence-corrected chi connectivity index (χ1v) is 3.68. The molecule has 0 aliphatic rings. The van der Waals surface area contributed by atoms with Crippen molar-refractivity contribution < 1.29 is 0 Å². The van der Waals surface area contributed by atoms with Gasteiger partial charge in [0.1, 0.15) is 4.34 Å². The van der Waals surface area contributed by atoms with Gasteiger partial charge in [-0.15, -0.1) is 0 Å². The zero-order chi connectivity index (χ0) is 6.85. The molecular weight excluding hydrogens is 156 g/mol. The highest BCUT2D eigenvalue weighted by molar-refractivity contribution is 7.19. The first-order chi connectivity index (χ1) is 4.20. The van der Waals surface area contributed by atoms with Gasteiger partial charge in [-0.05, 0) is 0 Å². The van der Waals surface area contributed by atoms with Crippen molar-refractivity contribution in [1.82, 2.24) is 4.98 Å². The molecule has 9 heavy (non-hydrogen) atoms. The van der Waals surface area contributed by atoms with Gasteiger partial charge in [0.2, 0.25) is 0 Å². The van der Waals surface area contributed by atoms with Crippen LogP contribution in [0.3, 0.4) is 0 Å². The second-order valence-corrected chi connectivity index (χ2v) is 3.48. The summed E-state index contributed by atoms with van der Waals surface area (Å²) in [5, 5.41) is 0.944. The Balaban J connectivity index is 2.85. The molecule has 0 spiro atoms. The van der Waals surface area contributed by atoms with Crippen molar-refractivity contribution in [3.8, 4) is 0 Å². The predicted molar refractivity (Wildman–Crippen MR) is 41.5 cm³/mol. The zero-order valence-corrected chi connectivity index (χ0v) is 6.83. The molecule has 0 N–H and O–H groups in total. The first kappa shape index (κ1) is 6.83. The molecule has 0 aromatic carbocycles. The lowest BCUT2D eigenvalue weighted by atomic mass is 10.9. The molecule has 0 amide bonds. The van der Waals surface area contributed by atoms with Crippen molar-refractivity contribution in [3.63, 3.8) is 0 Å². The van der Waals surface area contributed by atoms with Crippen LogP contribution < -0.4 is 4.90 Å². The van der Waals surface area contributed by atoms with Crippen molar-refractivity contribution in [2.75, 3.05) is 19.0 Å². The third-order valence-corrected chi connectivity index (χ3v) is 2.13. The summed E-state index contributed by atoms with van der Waals surface area (Å²) in [4.78, 5) is 5.95. The zero-order valence-electron chi connectivity index (χ0n) is 5.26. The molecule has 0 aliphatic heterocycles. The van der Waals surface area contributed by atoms with Crippen LogP contribution in [-0.2, 0) is 0 Å². The summed E-state index contributed by atoms with van der Waals surface area (Å²) in [6.07, 6.45) is 1.65. The van der Waals surface area contributed by atoms with Gasteiger partial charge >= 0.3 is 0 Å². The van der Waals surface area contributed by atoms with E-state index >= 15 is 0 Å². The third-order valence-electron chi connectivity index (χ3n) is 0.848. The number of hydrogen-bond acceptors (Lipinski definition) is 3. The number of hydrogen-bond donors (Lipinski definition) is 0. The van der Waals surface area contributed by atoms with E-state index in [0.717, 1.165) is 9.47 Å². The van der Waals surface area contributed by atoms with Gasteiger partial charge in [-0.1, -0.05) is 22.9 Å². The van der Waals surface area contributed by atoms with Crippen LogP contribution in [0.25, 0.3) is 0 Å². The van der Waals surface area contributed by atoms with Gasteiger partial charge in [0.05, 0.1) is 6.20 Å². The van der Waals surface area contributed by atoms with Crippen LogP contribution in [0.15, 0.2) is 6.20 Å². The van der Waals surface area contributed by atoms with Gasteiger partial charge in [-0.25, -0.2) is 4.98 Å². The largest absolute Gasteiger partial charge is 0.354 e. The summed E-state index contributed by atoms with van der Waals surface area (Å²) in [7, 11) is 3.88. The van der Waals surface area contributed by atoms with Crippen LogP contribution >= 0.6 is 22.9 Å². The van der Waals surface area contributed by atoms with Crippen LogP contribution in [0.5, 0.6) is 0 Å².